The van der Waals surface area contributed by atoms with E-state index in [9.17, 15) is 9.59 Å². The minimum Gasteiger partial charge on any atom is -0.478 e. The fraction of sp³-hybridized carbons (Fsp3) is 0.333. The molecular weight excluding hydrogens is 256 g/mol. The third-order valence-corrected chi connectivity index (χ3v) is 3.26. The summed E-state index contributed by atoms with van der Waals surface area (Å²) in [7, 11) is 0. The van der Waals surface area contributed by atoms with Crippen molar-refractivity contribution in [2.24, 2.45) is 5.92 Å². The van der Waals surface area contributed by atoms with Crippen LogP contribution in [0.2, 0.25) is 0 Å². The van der Waals surface area contributed by atoms with Crippen LogP contribution in [-0.2, 0) is 9.59 Å². The van der Waals surface area contributed by atoms with Crippen molar-refractivity contribution >= 4 is 23.6 Å². The molecule has 106 valence electrons. The lowest BCUT2D eigenvalue weighted by molar-refractivity contribution is -0.131. The Kier molecular flexibility index (Phi) is 4.90. The van der Waals surface area contributed by atoms with Crippen LogP contribution in [0.4, 0.5) is 5.69 Å². The Balaban J connectivity index is 1.92. The number of carbonyl (C=O) groups is 2. The zero-order valence-electron chi connectivity index (χ0n) is 11.1. The van der Waals surface area contributed by atoms with Crippen molar-refractivity contribution in [3.05, 3.63) is 35.9 Å². The summed E-state index contributed by atoms with van der Waals surface area (Å²) in [5.41, 5.74) is 1.51. The molecule has 0 spiro atoms. The van der Waals surface area contributed by atoms with Crippen molar-refractivity contribution in [3.8, 4) is 0 Å². The number of benzene rings is 1. The van der Waals surface area contributed by atoms with E-state index in [1.165, 1.54) is 6.08 Å². The summed E-state index contributed by atoms with van der Waals surface area (Å²) in [6.07, 6.45) is 4.54. The van der Waals surface area contributed by atoms with Gasteiger partial charge in [-0.1, -0.05) is 12.1 Å². The highest BCUT2D eigenvalue weighted by Gasteiger charge is 2.20. The lowest BCUT2D eigenvalue weighted by atomic mass is 9.99. The number of hydrogen-bond acceptors (Lipinski definition) is 3. The molecule has 2 rings (SSSR count). The molecule has 1 aliphatic rings. The van der Waals surface area contributed by atoms with E-state index in [2.05, 4.69) is 10.6 Å². The van der Waals surface area contributed by atoms with E-state index in [0.29, 0.717) is 0 Å². The molecule has 5 nitrogen and oxygen atoms in total. The summed E-state index contributed by atoms with van der Waals surface area (Å²) < 4.78 is 0. The molecule has 0 bridgehead atoms. The number of hydrogen-bond donors (Lipinski definition) is 3. The molecule has 1 heterocycles. The van der Waals surface area contributed by atoms with Gasteiger partial charge in [-0.2, -0.15) is 0 Å². The maximum Gasteiger partial charge on any atom is 0.328 e. The largest absolute Gasteiger partial charge is 0.478 e. The van der Waals surface area contributed by atoms with Crippen LogP contribution in [0.15, 0.2) is 30.3 Å². The smallest absolute Gasteiger partial charge is 0.328 e. The van der Waals surface area contributed by atoms with Crippen LogP contribution in [0.1, 0.15) is 18.4 Å². The van der Waals surface area contributed by atoms with E-state index in [1.54, 1.807) is 24.3 Å². The standard InChI is InChI=1S/C15H18N2O3/c18-14(19)8-5-11-3-6-13(7-4-11)17-15(20)12-2-1-9-16-10-12/h3-8,12,16H,1-2,9-10H2,(H,17,20)(H,18,19)/b8-5+/t12-/m0/s1. The average Bonchev–Trinajstić information content (AvgIpc) is 2.47. The van der Waals surface area contributed by atoms with Crippen molar-refractivity contribution in [1.29, 1.82) is 0 Å². The number of amides is 1. The van der Waals surface area contributed by atoms with Crippen LogP contribution in [0, 0.1) is 5.92 Å². The Labute approximate surface area is 117 Å². The Morgan fingerprint density at radius 1 is 1.30 bits per heavy atom. The number of nitrogens with one attached hydrogen (secondary N) is 2. The highest BCUT2D eigenvalue weighted by molar-refractivity contribution is 5.93. The van der Waals surface area contributed by atoms with Crippen LogP contribution in [0.5, 0.6) is 0 Å². The van der Waals surface area contributed by atoms with Gasteiger partial charge in [-0.25, -0.2) is 4.79 Å². The van der Waals surface area contributed by atoms with Crippen molar-refractivity contribution in [1.82, 2.24) is 5.32 Å². The van der Waals surface area contributed by atoms with Crippen molar-refractivity contribution < 1.29 is 14.7 Å². The molecular formula is C15H18N2O3. The highest BCUT2D eigenvalue weighted by atomic mass is 16.4. The fourth-order valence-corrected chi connectivity index (χ4v) is 2.17. The molecule has 1 saturated heterocycles. The molecule has 0 radical (unpaired) electrons. The number of carboxylic acid groups (broad SMARTS) is 1. The molecule has 5 heteroatoms. The first kappa shape index (κ1) is 14.3. The number of carbonyl (C=O) groups excluding carboxylic acids is 1. The van der Waals surface area contributed by atoms with Gasteiger partial charge in [0.1, 0.15) is 0 Å². The van der Waals surface area contributed by atoms with Gasteiger partial charge in [-0.05, 0) is 43.2 Å². The van der Waals surface area contributed by atoms with E-state index in [1.807, 2.05) is 0 Å². The second-order valence-electron chi connectivity index (χ2n) is 4.83. The zero-order chi connectivity index (χ0) is 14.4. The summed E-state index contributed by atoms with van der Waals surface area (Å²) in [6.45, 7) is 1.71. The molecule has 0 aromatic heterocycles. The normalized spacial score (nSPS) is 18.9. The minimum absolute atomic E-state index is 0.0235. The van der Waals surface area contributed by atoms with Gasteiger partial charge in [-0.3, -0.25) is 4.79 Å². The first-order valence-electron chi connectivity index (χ1n) is 6.68. The average molecular weight is 274 g/mol. The summed E-state index contributed by atoms with van der Waals surface area (Å²) in [5.74, 6) is -0.923. The van der Waals surface area contributed by atoms with Crippen LogP contribution < -0.4 is 10.6 Å². The van der Waals surface area contributed by atoms with Crippen LogP contribution in [0.3, 0.4) is 0 Å². The summed E-state index contributed by atoms with van der Waals surface area (Å²) in [6, 6.07) is 7.09. The molecule has 0 aliphatic carbocycles. The SMILES string of the molecule is O=C(O)/C=C/c1ccc(NC(=O)[C@H]2CCCNC2)cc1. The van der Waals surface area contributed by atoms with Gasteiger partial charge in [0.2, 0.25) is 5.91 Å². The van der Waals surface area contributed by atoms with Crippen LogP contribution in [-0.4, -0.2) is 30.1 Å². The predicted octanol–water partition coefficient (Wildman–Crippen LogP) is 1.72. The van der Waals surface area contributed by atoms with E-state index in [-0.39, 0.29) is 11.8 Å². The number of rotatable bonds is 4. The lowest BCUT2D eigenvalue weighted by Gasteiger charge is -2.21. The van der Waals surface area contributed by atoms with E-state index in [4.69, 9.17) is 5.11 Å². The number of carboxylic acids is 1. The Hall–Kier alpha value is -2.14. The third-order valence-electron chi connectivity index (χ3n) is 3.26. The topological polar surface area (TPSA) is 78.4 Å². The lowest BCUT2D eigenvalue weighted by Crippen LogP contribution is -2.37. The first-order chi connectivity index (χ1) is 9.65. The van der Waals surface area contributed by atoms with E-state index >= 15 is 0 Å². The van der Waals surface area contributed by atoms with E-state index < -0.39 is 5.97 Å². The van der Waals surface area contributed by atoms with E-state index in [0.717, 1.165) is 43.3 Å². The molecule has 0 unspecified atom stereocenters. The van der Waals surface area contributed by atoms with Gasteiger partial charge < -0.3 is 15.7 Å². The highest BCUT2D eigenvalue weighted by Crippen LogP contribution is 2.15. The first-order valence-corrected chi connectivity index (χ1v) is 6.68. The van der Waals surface area contributed by atoms with Gasteiger partial charge in [0.05, 0.1) is 5.92 Å². The molecule has 1 atom stereocenters. The van der Waals surface area contributed by atoms with Gasteiger partial charge >= 0.3 is 5.97 Å². The molecule has 1 amide bonds. The second kappa shape index (κ2) is 6.86. The molecule has 1 aromatic rings. The van der Waals surface area contributed by atoms with Crippen molar-refractivity contribution in [2.45, 2.75) is 12.8 Å². The summed E-state index contributed by atoms with van der Waals surface area (Å²) >= 11 is 0. The van der Waals surface area contributed by atoms with Crippen molar-refractivity contribution in [2.75, 3.05) is 18.4 Å². The molecule has 1 fully saturated rings. The van der Waals surface area contributed by atoms with Gasteiger partial charge in [0, 0.05) is 18.3 Å². The summed E-state index contributed by atoms with van der Waals surface area (Å²) in [5, 5.41) is 14.6. The number of piperidine rings is 1. The molecule has 3 N–H and O–H groups in total. The zero-order valence-corrected chi connectivity index (χ0v) is 11.1. The maximum atomic E-state index is 12.0. The van der Waals surface area contributed by atoms with Gasteiger partial charge in [0.15, 0.2) is 0 Å². The second-order valence-corrected chi connectivity index (χ2v) is 4.83. The monoisotopic (exact) mass is 274 g/mol. The molecule has 1 aromatic carbocycles. The third kappa shape index (κ3) is 4.20. The fourth-order valence-electron chi connectivity index (χ4n) is 2.17. The molecule has 20 heavy (non-hydrogen) atoms. The Bertz CT molecular complexity index is 502. The van der Waals surface area contributed by atoms with Gasteiger partial charge in [0.25, 0.3) is 0 Å². The van der Waals surface area contributed by atoms with Gasteiger partial charge in [-0.15, -0.1) is 0 Å². The van der Waals surface area contributed by atoms with Crippen molar-refractivity contribution in [3.63, 3.8) is 0 Å². The summed E-state index contributed by atoms with van der Waals surface area (Å²) in [4.78, 5) is 22.4. The van der Waals surface area contributed by atoms with Crippen LogP contribution in [0.25, 0.3) is 6.08 Å². The predicted molar refractivity (Wildman–Crippen MR) is 77.3 cm³/mol. The molecule has 1 aliphatic heterocycles. The maximum absolute atomic E-state index is 12.0. The number of anilines is 1. The quantitative estimate of drug-likeness (QED) is 0.731. The Morgan fingerprint density at radius 2 is 2.05 bits per heavy atom. The molecule has 0 saturated carbocycles. The number of aliphatic carboxylic acids is 1. The minimum atomic E-state index is -0.979. The Morgan fingerprint density at radius 3 is 2.65 bits per heavy atom. The van der Waals surface area contributed by atoms with Crippen LogP contribution >= 0.6 is 0 Å².